The summed E-state index contributed by atoms with van der Waals surface area (Å²) in [6.07, 6.45) is 2.26. The SMILES string of the molecule is CCS(=O)(=O)CCn1c([N+](=O)[O-])cnc1C.O=C1N=C(O)CN1/N=C/c1ccc([N+](=O)[O-])o1. The normalized spacial score (nSPS) is 13.7. The van der Waals surface area contributed by atoms with Crippen LogP contribution < -0.4 is 0 Å². The number of carbonyl (C=O) groups excluding carboxylic acids is 1. The lowest BCUT2D eigenvalue weighted by Crippen LogP contribution is -2.20. The molecule has 2 amide bonds. The average molecular weight is 485 g/mol. The van der Waals surface area contributed by atoms with Crippen LogP contribution in [0.1, 0.15) is 18.5 Å². The van der Waals surface area contributed by atoms with E-state index in [0.717, 1.165) is 17.4 Å². The fourth-order valence-electron chi connectivity index (χ4n) is 2.38. The van der Waals surface area contributed by atoms with E-state index in [9.17, 15) is 33.4 Å². The maximum atomic E-state index is 11.3. The van der Waals surface area contributed by atoms with Crippen LogP contribution in [0.4, 0.5) is 16.5 Å². The minimum absolute atomic E-state index is 0.0363. The van der Waals surface area contributed by atoms with Gasteiger partial charge in [0.2, 0.25) is 5.90 Å². The van der Waals surface area contributed by atoms with E-state index in [2.05, 4.69) is 15.1 Å². The third-order valence-corrected chi connectivity index (χ3v) is 5.82. The second kappa shape index (κ2) is 10.4. The van der Waals surface area contributed by atoms with E-state index in [1.54, 1.807) is 13.8 Å². The third kappa shape index (κ3) is 6.92. The van der Waals surface area contributed by atoms with Gasteiger partial charge in [0, 0.05) is 12.7 Å². The number of hydrazone groups is 1. The summed E-state index contributed by atoms with van der Waals surface area (Å²) in [5, 5.41) is 34.4. The number of rotatable bonds is 8. The fourth-order valence-corrected chi connectivity index (χ4v) is 3.13. The molecule has 0 unspecified atom stereocenters. The molecule has 0 aliphatic carbocycles. The molecule has 0 bridgehead atoms. The van der Waals surface area contributed by atoms with Gasteiger partial charge in [-0.05, 0) is 11.0 Å². The number of aliphatic hydroxyl groups excluding tert-OH is 1. The van der Waals surface area contributed by atoms with Gasteiger partial charge in [-0.1, -0.05) is 6.92 Å². The molecule has 0 saturated carbocycles. The molecule has 2 aromatic rings. The first kappa shape index (κ1) is 25.1. The molecule has 178 valence electrons. The van der Waals surface area contributed by atoms with Crippen molar-refractivity contribution >= 4 is 39.7 Å². The molecule has 0 aromatic carbocycles. The number of aromatic nitrogens is 2. The number of carbonyl (C=O) groups is 1. The summed E-state index contributed by atoms with van der Waals surface area (Å²) in [5.41, 5.74) is 0. The maximum Gasteiger partial charge on any atom is 0.433 e. The number of nitro groups is 2. The van der Waals surface area contributed by atoms with Gasteiger partial charge in [-0.25, -0.2) is 27.8 Å². The number of sulfone groups is 1. The number of amides is 2. The summed E-state index contributed by atoms with van der Waals surface area (Å²) in [4.78, 5) is 37.7. The second-order valence-electron chi connectivity index (χ2n) is 6.35. The molecule has 1 N–H and O–H groups in total. The van der Waals surface area contributed by atoms with Gasteiger partial charge in [0.25, 0.3) is 0 Å². The van der Waals surface area contributed by atoms with Crippen molar-refractivity contribution in [1.29, 1.82) is 0 Å². The van der Waals surface area contributed by atoms with Crippen LogP contribution in [0.5, 0.6) is 0 Å². The van der Waals surface area contributed by atoms with E-state index >= 15 is 0 Å². The topological polar surface area (TPSA) is 217 Å². The Kier molecular flexibility index (Phi) is 7.95. The number of hydrogen-bond donors (Lipinski definition) is 1. The van der Waals surface area contributed by atoms with Crippen LogP contribution >= 0.6 is 0 Å². The van der Waals surface area contributed by atoms with Crippen molar-refractivity contribution in [3.63, 3.8) is 0 Å². The molecule has 0 saturated heterocycles. The largest absolute Gasteiger partial charge is 0.495 e. The van der Waals surface area contributed by atoms with E-state index in [0.29, 0.717) is 5.82 Å². The smallest absolute Gasteiger partial charge is 0.433 e. The second-order valence-corrected chi connectivity index (χ2v) is 8.83. The lowest BCUT2D eigenvalue weighted by atomic mass is 10.5. The van der Waals surface area contributed by atoms with Crippen LogP contribution in [-0.2, 0) is 16.4 Å². The Labute approximate surface area is 186 Å². The quantitative estimate of drug-likeness (QED) is 0.322. The highest BCUT2D eigenvalue weighted by atomic mass is 32.2. The van der Waals surface area contributed by atoms with Crippen molar-refractivity contribution < 1.29 is 32.6 Å². The van der Waals surface area contributed by atoms with E-state index in [1.807, 2.05) is 0 Å². The molecule has 1 aliphatic heterocycles. The molecule has 33 heavy (non-hydrogen) atoms. The molecule has 3 rings (SSSR count). The number of nitrogens with zero attached hydrogens (tertiary/aromatic N) is 7. The molecule has 16 nitrogen and oxygen atoms in total. The van der Waals surface area contributed by atoms with Gasteiger partial charge in [-0.3, -0.25) is 10.1 Å². The van der Waals surface area contributed by atoms with Crippen molar-refractivity contribution in [2.75, 3.05) is 18.1 Å². The highest BCUT2D eigenvalue weighted by Crippen LogP contribution is 2.15. The molecule has 0 radical (unpaired) electrons. The molecule has 0 atom stereocenters. The monoisotopic (exact) mass is 485 g/mol. The number of aryl methyl sites for hydroxylation is 1. The summed E-state index contributed by atoms with van der Waals surface area (Å²) in [5.74, 6) is -0.440. The summed E-state index contributed by atoms with van der Waals surface area (Å²) >= 11 is 0. The zero-order valence-electron chi connectivity index (χ0n) is 17.4. The molecule has 2 aromatic heterocycles. The van der Waals surface area contributed by atoms with Crippen molar-refractivity contribution in [2.45, 2.75) is 20.4 Å². The van der Waals surface area contributed by atoms with Gasteiger partial charge in [0.1, 0.15) is 24.2 Å². The summed E-state index contributed by atoms with van der Waals surface area (Å²) in [6.45, 7) is 3.09. The first-order valence-corrected chi connectivity index (χ1v) is 11.0. The molecular weight excluding hydrogens is 466 g/mol. The zero-order chi connectivity index (χ0) is 24.8. The summed E-state index contributed by atoms with van der Waals surface area (Å²) < 4.78 is 28.6. The highest BCUT2D eigenvalue weighted by molar-refractivity contribution is 7.91. The van der Waals surface area contributed by atoms with Gasteiger partial charge in [-0.15, -0.1) is 0 Å². The van der Waals surface area contributed by atoms with E-state index < -0.39 is 31.6 Å². The van der Waals surface area contributed by atoms with Crippen LogP contribution in [0.2, 0.25) is 0 Å². The first-order chi connectivity index (χ1) is 15.4. The van der Waals surface area contributed by atoms with E-state index in [1.165, 1.54) is 16.7 Å². The van der Waals surface area contributed by atoms with Crippen LogP contribution in [0.25, 0.3) is 0 Å². The minimum atomic E-state index is -3.13. The number of aliphatic imine (C=N–C) groups is 1. The molecular formula is C16H19N7O9S. The van der Waals surface area contributed by atoms with Gasteiger partial charge in [-0.2, -0.15) is 10.1 Å². The third-order valence-electron chi connectivity index (χ3n) is 4.14. The van der Waals surface area contributed by atoms with Crippen LogP contribution in [0.15, 0.2) is 32.8 Å². The Morgan fingerprint density at radius 1 is 1.30 bits per heavy atom. The fraction of sp³-hybridized carbons (Fsp3) is 0.375. The number of hydrogen-bond acceptors (Lipinski definition) is 10. The molecule has 0 spiro atoms. The predicted molar refractivity (Wildman–Crippen MR) is 113 cm³/mol. The highest BCUT2D eigenvalue weighted by Gasteiger charge is 2.22. The Morgan fingerprint density at radius 3 is 2.52 bits per heavy atom. The first-order valence-electron chi connectivity index (χ1n) is 9.16. The maximum absolute atomic E-state index is 11.3. The van der Waals surface area contributed by atoms with E-state index in [-0.39, 0.29) is 42.1 Å². The summed E-state index contributed by atoms with van der Waals surface area (Å²) in [6, 6.07) is 1.80. The Hall–Kier alpha value is -4.15. The number of urea groups is 1. The van der Waals surface area contributed by atoms with Gasteiger partial charge in [0.05, 0.1) is 18.0 Å². The Bertz CT molecular complexity index is 1210. The van der Waals surface area contributed by atoms with Crippen LogP contribution in [0.3, 0.4) is 0 Å². The van der Waals surface area contributed by atoms with Crippen molar-refractivity contribution in [3.8, 4) is 0 Å². The molecule has 1 aliphatic rings. The molecule has 0 fully saturated rings. The molecule has 3 heterocycles. The number of aliphatic hydroxyl groups is 1. The predicted octanol–water partition coefficient (Wildman–Crippen LogP) is 1.45. The Balaban J connectivity index is 0.000000234. The standard InChI is InChI=1S/C8H6N4O5.C8H13N3O4S/c13-6-4-11(8(14)10-6)9-3-5-1-2-7(17-5)12(15)16;1-3-16(14,15)5-4-10-7(2)9-6-8(10)11(12)13/h1-3H,4H2,(H,10,13,14);6H,3-5H2,1-2H3/b9-3+;. The van der Waals surface area contributed by atoms with Gasteiger partial charge in [0.15, 0.2) is 21.4 Å². The van der Waals surface area contributed by atoms with Crippen LogP contribution in [-0.4, -0.2) is 74.1 Å². The Morgan fingerprint density at radius 2 is 2.00 bits per heavy atom. The van der Waals surface area contributed by atoms with Crippen molar-refractivity contribution in [2.24, 2.45) is 10.1 Å². The zero-order valence-corrected chi connectivity index (χ0v) is 18.2. The lowest BCUT2D eigenvalue weighted by molar-refractivity contribution is -0.402. The van der Waals surface area contributed by atoms with Crippen molar-refractivity contribution in [3.05, 3.63) is 50.1 Å². The van der Waals surface area contributed by atoms with E-state index in [4.69, 9.17) is 9.52 Å². The number of imidazole rings is 1. The number of furan rings is 1. The van der Waals surface area contributed by atoms with Gasteiger partial charge >= 0.3 is 17.7 Å². The average Bonchev–Trinajstić information content (AvgIpc) is 3.44. The van der Waals surface area contributed by atoms with Crippen LogP contribution in [0, 0.1) is 27.2 Å². The van der Waals surface area contributed by atoms with Crippen molar-refractivity contribution in [1.82, 2.24) is 14.6 Å². The lowest BCUT2D eigenvalue weighted by Gasteiger charge is -2.03. The van der Waals surface area contributed by atoms with Gasteiger partial charge < -0.3 is 19.6 Å². The minimum Gasteiger partial charge on any atom is -0.495 e. The molecule has 17 heteroatoms. The summed E-state index contributed by atoms with van der Waals surface area (Å²) in [7, 11) is -3.13.